The topological polar surface area (TPSA) is 17.1 Å². The van der Waals surface area contributed by atoms with Crippen LogP contribution in [0.2, 0.25) is 0 Å². The van der Waals surface area contributed by atoms with Gasteiger partial charge in [-0.1, -0.05) is 30.3 Å². The lowest BCUT2D eigenvalue weighted by Gasteiger charge is -1.95. The van der Waals surface area contributed by atoms with Gasteiger partial charge in [0, 0.05) is 0 Å². The van der Waals surface area contributed by atoms with Crippen LogP contribution < -0.4 is 0 Å². The van der Waals surface area contributed by atoms with Crippen molar-refractivity contribution in [2.45, 2.75) is 6.92 Å². The van der Waals surface area contributed by atoms with Crippen LogP contribution in [-0.4, -0.2) is 6.29 Å². The molecule has 0 saturated heterocycles. The summed E-state index contributed by atoms with van der Waals surface area (Å²) >= 11 is 0. The zero-order chi connectivity index (χ0) is 8.10. The number of rotatable bonds is 2. The van der Waals surface area contributed by atoms with Gasteiger partial charge in [0.05, 0.1) is 0 Å². The van der Waals surface area contributed by atoms with Crippen molar-refractivity contribution >= 4 is 12.4 Å². The minimum Gasteiger partial charge on any atom is -0.286 e. The van der Waals surface area contributed by atoms with Gasteiger partial charge in [0.15, 0.2) is 0 Å². The first-order valence-electron chi connectivity index (χ1n) is 3.44. The summed E-state index contributed by atoms with van der Waals surface area (Å²) in [4.78, 5) is 9.88. The maximum absolute atomic E-state index is 9.88. The van der Waals surface area contributed by atoms with Crippen molar-refractivity contribution < 1.29 is 4.79 Å². The van der Waals surface area contributed by atoms with Gasteiger partial charge >= 0.3 is 0 Å². The van der Waals surface area contributed by atoms with Crippen molar-refractivity contribution in [1.29, 1.82) is 0 Å². The fourth-order valence-electron chi connectivity index (χ4n) is 0.898. The van der Waals surface area contributed by atoms with Crippen LogP contribution >= 0.6 is 0 Å². The molecule has 0 spiro atoms. The molecule has 0 unspecified atom stereocenters. The summed E-state index contributed by atoms with van der Waals surface area (Å²) in [6.07, 6.45) is 4.84. The number of benzene rings is 1. The highest BCUT2D eigenvalue weighted by molar-refractivity contribution is 5.75. The van der Waals surface area contributed by atoms with Crippen LogP contribution in [0.5, 0.6) is 0 Å². The van der Waals surface area contributed by atoms with E-state index in [-0.39, 0.29) is 0 Å². The van der Waals surface area contributed by atoms with E-state index in [9.17, 15) is 4.79 Å². The maximum atomic E-state index is 9.88. The molecule has 1 rings (SSSR count). The fourth-order valence-corrected chi connectivity index (χ4v) is 0.898. The summed E-state index contributed by atoms with van der Waals surface area (Å²) in [5.74, 6) is 0. The standard InChI is InChI=1S/C10H9O/c1-9-5-2-3-6-10(9)7-4-8-11/h2-7H,1H3/b7-4+. The molecule has 0 aliphatic rings. The van der Waals surface area contributed by atoms with Crippen molar-refractivity contribution in [2.24, 2.45) is 0 Å². The molecule has 0 amide bonds. The van der Waals surface area contributed by atoms with Gasteiger partial charge < -0.3 is 0 Å². The smallest absolute Gasteiger partial charge is 0.225 e. The second-order valence-corrected chi connectivity index (χ2v) is 2.31. The molecule has 0 atom stereocenters. The number of hydrogen-bond acceptors (Lipinski definition) is 1. The van der Waals surface area contributed by atoms with Gasteiger partial charge in [-0.2, -0.15) is 0 Å². The van der Waals surface area contributed by atoms with Crippen LogP contribution in [0.25, 0.3) is 6.08 Å². The average molecular weight is 145 g/mol. The average Bonchev–Trinajstić information content (AvgIpc) is 2.03. The van der Waals surface area contributed by atoms with Gasteiger partial charge in [-0.15, -0.1) is 0 Å². The molecule has 0 N–H and O–H groups in total. The third-order valence-corrected chi connectivity index (χ3v) is 1.52. The molecule has 0 heterocycles. The fraction of sp³-hybridized carbons (Fsp3) is 0.100. The van der Waals surface area contributed by atoms with E-state index in [1.54, 1.807) is 12.4 Å². The van der Waals surface area contributed by atoms with Crippen molar-refractivity contribution in [1.82, 2.24) is 0 Å². The molecule has 1 heteroatoms. The summed E-state index contributed by atoms with van der Waals surface area (Å²) < 4.78 is 0. The molecular weight excluding hydrogens is 136 g/mol. The molecule has 1 aromatic rings. The summed E-state index contributed by atoms with van der Waals surface area (Å²) in [5.41, 5.74) is 2.23. The molecule has 0 aromatic heterocycles. The van der Waals surface area contributed by atoms with Crippen LogP contribution in [0.4, 0.5) is 0 Å². The minimum absolute atomic E-state index is 1.07. The van der Waals surface area contributed by atoms with Gasteiger partial charge in [-0.25, -0.2) is 0 Å². The lowest BCUT2D eigenvalue weighted by Crippen LogP contribution is -1.77. The third kappa shape index (κ3) is 2.04. The number of carbonyl (C=O) groups excluding carboxylic acids is 1. The van der Waals surface area contributed by atoms with E-state index in [1.165, 1.54) is 11.6 Å². The van der Waals surface area contributed by atoms with E-state index in [4.69, 9.17) is 0 Å². The SMILES string of the molecule is Cc1ccccc1/C=C/[C]=O. The molecule has 1 radical (unpaired) electrons. The lowest BCUT2D eigenvalue weighted by molar-refractivity contribution is 0.564. The van der Waals surface area contributed by atoms with Crippen molar-refractivity contribution in [2.75, 3.05) is 0 Å². The Hall–Kier alpha value is -1.37. The Bertz CT molecular complexity index is 274. The molecule has 0 aliphatic carbocycles. The molecule has 11 heavy (non-hydrogen) atoms. The number of hydrogen-bond donors (Lipinski definition) is 0. The largest absolute Gasteiger partial charge is 0.286 e. The van der Waals surface area contributed by atoms with E-state index in [2.05, 4.69) is 0 Å². The zero-order valence-electron chi connectivity index (χ0n) is 6.37. The normalized spacial score (nSPS) is 10.3. The minimum atomic E-state index is 1.07. The first-order chi connectivity index (χ1) is 5.34. The molecule has 0 fully saturated rings. The molecule has 0 bridgehead atoms. The summed E-state index contributed by atoms with van der Waals surface area (Å²) in [6.45, 7) is 2.00. The first kappa shape index (κ1) is 7.73. The van der Waals surface area contributed by atoms with Crippen molar-refractivity contribution in [3.63, 3.8) is 0 Å². The van der Waals surface area contributed by atoms with Crippen molar-refractivity contribution in [3.05, 3.63) is 41.5 Å². The van der Waals surface area contributed by atoms with E-state index in [1.807, 2.05) is 31.2 Å². The van der Waals surface area contributed by atoms with Crippen LogP contribution in [0.1, 0.15) is 11.1 Å². The highest BCUT2D eigenvalue weighted by Crippen LogP contribution is 2.07. The summed E-state index contributed by atoms with van der Waals surface area (Å²) in [7, 11) is 0. The van der Waals surface area contributed by atoms with E-state index in [0.29, 0.717) is 0 Å². The van der Waals surface area contributed by atoms with Gasteiger partial charge in [0.2, 0.25) is 6.29 Å². The molecule has 0 saturated carbocycles. The Morgan fingerprint density at radius 2 is 2.09 bits per heavy atom. The summed E-state index contributed by atoms with van der Waals surface area (Å²) in [6, 6.07) is 7.88. The maximum Gasteiger partial charge on any atom is 0.225 e. The van der Waals surface area contributed by atoms with E-state index < -0.39 is 0 Å². The predicted octanol–water partition coefficient (Wildman–Crippen LogP) is 2.12. The quantitative estimate of drug-likeness (QED) is 0.582. The molecular formula is C10H9O. The van der Waals surface area contributed by atoms with Crippen LogP contribution in [0.3, 0.4) is 0 Å². The van der Waals surface area contributed by atoms with Crippen LogP contribution in [0.15, 0.2) is 30.3 Å². The number of aryl methyl sites for hydroxylation is 1. The second-order valence-electron chi connectivity index (χ2n) is 2.31. The molecule has 1 nitrogen and oxygen atoms in total. The Balaban J connectivity index is 2.94. The lowest BCUT2D eigenvalue weighted by atomic mass is 10.1. The molecule has 55 valence electrons. The van der Waals surface area contributed by atoms with Gasteiger partial charge in [-0.3, -0.25) is 4.79 Å². The van der Waals surface area contributed by atoms with Crippen LogP contribution in [0, 0.1) is 6.92 Å². The molecule has 1 aromatic carbocycles. The monoisotopic (exact) mass is 145 g/mol. The summed E-state index contributed by atoms with van der Waals surface area (Å²) in [5, 5.41) is 0. The van der Waals surface area contributed by atoms with Gasteiger partial charge in [-0.05, 0) is 24.1 Å². The zero-order valence-corrected chi connectivity index (χ0v) is 6.37. The van der Waals surface area contributed by atoms with Crippen LogP contribution in [-0.2, 0) is 4.79 Å². The van der Waals surface area contributed by atoms with Gasteiger partial charge in [0.1, 0.15) is 0 Å². The Morgan fingerprint density at radius 1 is 1.36 bits per heavy atom. The highest BCUT2D eigenvalue weighted by atomic mass is 16.1. The highest BCUT2D eigenvalue weighted by Gasteiger charge is 1.88. The molecule has 0 aliphatic heterocycles. The van der Waals surface area contributed by atoms with E-state index >= 15 is 0 Å². The Morgan fingerprint density at radius 3 is 2.73 bits per heavy atom. The second kappa shape index (κ2) is 3.71. The predicted molar refractivity (Wildman–Crippen MR) is 45.9 cm³/mol. The third-order valence-electron chi connectivity index (χ3n) is 1.52. The van der Waals surface area contributed by atoms with Crippen molar-refractivity contribution in [3.8, 4) is 0 Å². The number of allylic oxidation sites excluding steroid dienone is 1. The Kier molecular flexibility index (Phi) is 2.61. The first-order valence-corrected chi connectivity index (χ1v) is 3.44. The van der Waals surface area contributed by atoms with Gasteiger partial charge in [0.25, 0.3) is 0 Å². The van der Waals surface area contributed by atoms with E-state index in [0.717, 1.165) is 5.56 Å². The Labute approximate surface area is 66.4 Å².